The van der Waals surface area contributed by atoms with Crippen molar-refractivity contribution >= 4 is 28.7 Å². The lowest BCUT2D eigenvalue weighted by Gasteiger charge is -2.12. The minimum atomic E-state index is -0.493. The number of nitrogens with zero attached hydrogens (tertiary/aromatic N) is 1. The van der Waals surface area contributed by atoms with E-state index in [1.54, 1.807) is 24.3 Å². The molecule has 1 amide bonds. The largest absolute Gasteiger partial charge is 0.490 e. The lowest BCUT2D eigenvalue weighted by atomic mass is 10.0. The maximum Gasteiger partial charge on any atom is 0.310 e. The highest BCUT2D eigenvalue weighted by molar-refractivity contribution is 6.12. The molecule has 0 unspecified atom stereocenters. The van der Waals surface area contributed by atoms with Crippen molar-refractivity contribution in [2.45, 2.75) is 6.42 Å². The molecule has 0 aliphatic carbocycles. The van der Waals surface area contributed by atoms with Crippen molar-refractivity contribution in [2.24, 2.45) is 0 Å². The number of anilines is 3. The molecule has 0 fully saturated rings. The molecule has 3 aromatic carbocycles. The van der Waals surface area contributed by atoms with Crippen molar-refractivity contribution in [2.75, 3.05) is 24.4 Å². The van der Waals surface area contributed by atoms with E-state index < -0.39 is 4.92 Å². The first-order valence-corrected chi connectivity index (χ1v) is 9.29. The van der Waals surface area contributed by atoms with Gasteiger partial charge in [0.2, 0.25) is 0 Å². The molecule has 0 aromatic heterocycles. The van der Waals surface area contributed by atoms with Crippen molar-refractivity contribution in [3.63, 3.8) is 0 Å². The number of carbonyl (C=O) groups is 1. The topological polar surface area (TPSA) is 114 Å². The second-order valence-electron chi connectivity index (χ2n) is 6.84. The van der Waals surface area contributed by atoms with Gasteiger partial charge in [0.25, 0.3) is 5.91 Å². The van der Waals surface area contributed by atoms with E-state index >= 15 is 0 Å². The Balaban J connectivity index is 1.74. The van der Waals surface area contributed by atoms with E-state index in [1.165, 1.54) is 13.2 Å². The second kappa shape index (κ2) is 7.84. The van der Waals surface area contributed by atoms with Crippen LogP contribution >= 0.6 is 0 Å². The first-order valence-electron chi connectivity index (χ1n) is 9.29. The van der Waals surface area contributed by atoms with Gasteiger partial charge in [-0.3, -0.25) is 14.9 Å². The number of aliphatic hydroxyl groups is 1. The highest BCUT2D eigenvalue weighted by atomic mass is 16.6. The van der Waals surface area contributed by atoms with E-state index in [1.807, 2.05) is 24.3 Å². The van der Waals surface area contributed by atoms with Crippen LogP contribution in [-0.2, 0) is 6.42 Å². The van der Waals surface area contributed by atoms with E-state index in [4.69, 9.17) is 9.84 Å². The van der Waals surface area contributed by atoms with E-state index in [0.29, 0.717) is 23.4 Å². The summed E-state index contributed by atoms with van der Waals surface area (Å²) in [6, 6.07) is 15.6. The fourth-order valence-electron chi connectivity index (χ4n) is 3.46. The third-order valence-electron chi connectivity index (χ3n) is 4.98. The number of aliphatic hydroxyl groups excluding tert-OH is 1. The van der Waals surface area contributed by atoms with E-state index in [-0.39, 0.29) is 24.0 Å². The monoisotopic (exact) mass is 405 g/mol. The predicted octanol–water partition coefficient (Wildman–Crippen LogP) is 4.11. The number of nitro groups is 1. The molecule has 1 heterocycles. The summed E-state index contributed by atoms with van der Waals surface area (Å²) in [6.07, 6.45) is 0.502. The van der Waals surface area contributed by atoms with Gasteiger partial charge < -0.3 is 20.5 Å². The quantitative estimate of drug-likeness (QED) is 0.435. The number of methoxy groups -OCH3 is 1. The number of carbonyl (C=O) groups excluding carboxylic acids is 1. The molecule has 0 saturated heterocycles. The zero-order chi connectivity index (χ0) is 21.3. The Morgan fingerprint density at radius 3 is 2.47 bits per heavy atom. The number of amides is 1. The maximum atomic E-state index is 12.7. The Morgan fingerprint density at radius 1 is 0.967 bits per heavy atom. The van der Waals surface area contributed by atoms with Gasteiger partial charge in [-0.1, -0.05) is 12.1 Å². The molecule has 8 nitrogen and oxygen atoms in total. The van der Waals surface area contributed by atoms with Crippen molar-refractivity contribution in [1.82, 2.24) is 0 Å². The summed E-state index contributed by atoms with van der Waals surface area (Å²) in [5.74, 6) is -0.0786. The first-order chi connectivity index (χ1) is 14.5. The summed E-state index contributed by atoms with van der Waals surface area (Å²) in [4.78, 5) is 23.4. The number of nitro benzene ring substituents is 1. The number of hydrogen-bond donors (Lipinski definition) is 3. The number of ether oxygens (including phenoxy) is 1. The highest BCUT2D eigenvalue weighted by Crippen LogP contribution is 2.37. The first kappa shape index (κ1) is 19.4. The van der Waals surface area contributed by atoms with E-state index in [9.17, 15) is 14.9 Å². The third-order valence-corrected chi connectivity index (χ3v) is 4.98. The molecule has 0 saturated carbocycles. The van der Waals surface area contributed by atoms with Gasteiger partial charge in [0.1, 0.15) is 0 Å². The Labute approximate surface area is 172 Å². The molecular weight excluding hydrogens is 386 g/mol. The van der Waals surface area contributed by atoms with Gasteiger partial charge >= 0.3 is 5.69 Å². The smallest absolute Gasteiger partial charge is 0.310 e. The fraction of sp³-hybridized carbons (Fsp3) is 0.136. The SMILES string of the molecule is COc1cc(-c2ccc3c(c2)Nc2ccc(CCO)cc2NC3=O)ccc1[N+](=O)[O-]. The third kappa shape index (κ3) is 3.56. The van der Waals surface area contributed by atoms with Gasteiger partial charge in [0, 0.05) is 12.7 Å². The fourth-order valence-corrected chi connectivity index (χ4v) is 3.46. The molecule has 0 bridgehead atoms. The van der Waals surface area contributed by atoms with Crippen LogP contribution in [0.2, 0.25) is 0 Å². The van der Waals surface area contributed by atoms with Crippen LogP contribution < -0.4 is 15.4 Å². The van der Waals surface area contributed by atoms with Crippen LogP contribution in [0, 0.1) is 10.1 Å². The van der Waals surface area contributed by atoms with Crippen LogP contribution in [0.1, 0.15) is 15.9 Å². The molecule has 3 N–H and O–H groups in total. The standard InChI is InChI=1S/C22H19N3O5/c1-30-21-12-15(4-7-20(21)25(28)29)14-3-5-16-18(11-14)23-17-6-2-13(8-9-26)10-19(17)24-22(16)27/h2-7,10-12,23,26H,8-9H2,1H3,(H,24,27). The van der Waals surface area contributed by atoms with Crippen LogP contribution in [0.5, 0.6) is 5.75 Å². The Bertz CT molecular complexity index is 1160. The number of benzene rings is 3. The minimum absolute atomic E-state index is 0.0302. The lowest BCUT2D eigenvalue weighted by Crippen LogP contribution is -2.11. The molecule has 0 radical (unpaired) electrons. The summed E-state index contributed by atoms with van der Waals surface area (Å²) < 4.78 is 5.16. The van der Waals surface area contributed by atoms with Gasteiger partial charge in [-0.15, -0.1) is 0 Å². The van der Waals surface area contributed by atoms with Crippen LogP contribution in [-0.4, -0.2) is 29.7 Å². The van der Waals surface area contributed by atoms with Gasteiger partial charge in [-0.25, -0.2) is 0 Å². The van der Waals surface area contributed by atoms with Crippen LogP contribution in [0.3, 0.4) is 0 Å². The molecule has 30 heavy (non-hydrogen) atoms. The molecule has 1 aliphatic rings. The Morgan fingerprint density at radius 2 is 1.73 bits per heavy atom. The Hall–Kier alpha value is -3.91. The summed E-state index contributed by atoms with van der Waals surface area (Å²) in [5, 5.41) is 26.5. The van der Waals surface area contributed by atoms with Crippen LogP contribution in [0.25, 0.3) is 11.1 Å². The number of nitrogens with one attached hydrogen (secondary N) is 2. The minimum Gasteiger partial charge on any atom is -0.490 e. The van der Waals surface area contributed by atoms with Crippen molar-refractivity contribution in [3.8, 4) is 16.9 Å². The highest BCUT2D eigenvalue weighted by Gasteiger charge is 2.21. The molecule has 1 aliphatic heterocycles. The van der Waals surface area contributed by atoms with E-state index in [2.05, 4.69) is 10.6 Å². The predicted molar refractivity (Wildman–Crippen MR) is 114 cm³/mol. The van der Waals surface area contributed by atoms with Crippen molar-refractivity contribution in [1.29, 1.82) is 0 Å². The number of rotatable bonds is 5. The van der Waals surface area contributed by atoms with Crippen molar-refractivity contribution in [3.05, 3.63) is 75.8 Å². The average molecular weight is 405 g/mol. The molecule has 4 rings (SSSR count). The molecular formula is C22H19N3O5. The Kier molecular flexibility index (Phi) is 5.07. The molecule has 0 atom stereocenters. The van der Waals surface area contributed by atoms with Crippen LogP contribution in [0.4, 0.5) is 22.7 Å². The maximum absolute atomic E-state index is 12.7. The molecule has 152 valence electrons. The lowest BCUT2D eigenvalue weighted by molar-refractivity contribution is -0.385. The van der Waals surface area contributed by atoms with Gasteiger partial charge in [-0.2, -0.15) is 0 Å². The zero-order valence-corrected chi connectivity index (χ0v) is 16.1. The second-order valence-corrected chi connectivity index (χ2v) is 6.84. The summed E-state index contributed by atoms with van der Waals surface area (Å²) >= 11 is 0. The van der Waals surface area contributed by atoms with Gasteiger partial charge in [0.15, 0.2) is 5.75 Å². The molecule has 8 heteroatoms. The number of fused-ring (bicyclic) bond motifs is 2. The summed E-state index contributed by atoms with van der Waals surface area (Å²) in [5.41, 5.74) is 4.79. The number of hydrogen-bond acceptors (Lipinski definition) is 6. The van der Waals surface area contributed by atoms with Crippen molar-refractivity contribution < 1.29 is 19.6 Å². The summed E-state index contributed by atoms with van der Waals surface area (Å²) in [7, 11) is 1.39. The van der Waals surface area contributed by atoms with Gasteiger partial charge in [0.05, 0.1) is 34.7 Å². The zero-order valence-electron chi connectivity index (χ0n) is 16.1. The van der Waals surface area contributed by atoms with Crippen LogP contribution in [0.15, 0.2) is 54.6 Å². The van der Waals surface area contributed by atoms with E-state index in [0.717, 1.165) is 22.4 Å². The summed E-state index contributed by atoms with van der Waals surface area (Å²) in [6.45, 7) is 0.0302. The van der Waals surface area contributed by atoms with Gasteiger partial charge in [-0.05, 0) is 59.5 Å². The normalized spacial score (nSPS) is 12.1. The average Bonchev–Trinajstić information content (AvgIpc) is 2.88. The molecule has 0 spiro atoms. The molecule has 3 aromatic rings.